The Morgan fingerprint density at radius 2 is 2.29 bits per heavy atom. The maximum atomic E-state index is 5.04. The molecule has 1 aliphatic heterocycles. The van der Waals surface area contributed by atoms with Crippen molar-refractivity contribution in [2.45, 2.75) is 25.2 Å². The molecule has 1 nitrogen and oxygen atoms in total. The molecular weight excluding hydrogens is 104 g/mol. The smallest absolute Gasteiger partial charge is 0.0784 e. The molecule has 0 bridgehead atoms. The summed E-state index contributed by atoms with van der Waals surface area (Å²) in [7, 11) is 0.00334. The first-order valence-corrected chi connectivity index (χ1v) is 5.40. The van der Waals surface area contributed by atoms with Crippen LogP contribution in [0.4, 0.5) is 0 Å². The molecule has 0 amide bonds. The summed E-state index contributed by atoms with van der Waals surface area (Å²) in [5, 5.41) is 0. The Kier molecular flexibility index (Phi) is 1.49. The number of hydrogen-bond donors (Lipinski definition) is 0. The van der Waals surface area contributed by atoms with Crippen LogP contribution in [0.2, 0.25) is 19.1 Å². The second-order valence-electron chi connectivity index (χ2n) is 2.37. The highest BCUT2D eigenvalue weighted by molar-refractivity contribution is 6.55. The van der Waals surface area contributed by atoms with Crippen molar-refractivity contribution in [3.8, 4) is 0 Å². The van der Waals surface area contributed by atoms with E-state index in [-0.39, 0.29) is 8.80 Å². The van der Waals surface area contributed by atoms with Gasteiger partial charge >= 0.3 is 0 Å². The van der Waals surface area contributed by atoms with E-state index in [4.69, 9.17) is 4.74 Å². The van der Waals surface area contributed by atoms with Crippen molar-refractivity contribution in [1.82, 2.24) is 0 Å². The summed E-state index contributed by atoms with van der Waals surface area (Å²) < 4.78 is 5.04. The fourth-order valence-corrected chi connectivity index (χ4v) is 1.79. The first kappa shape index (κ1) is 5.32. The van der Waals surface area contributed by atoms with Crippen molar-refractivity contribution in [2.75, 3.05) is 6.61 Å². The summed E-state index contributed by atoms with van der Waals surface area (Å²) in [4.78, 5) is 0. The fraction of sp³-hybridized carbons (Fsp3) is 1.00. The van der Waals surface area contributed by atoms with E-state index in [9.17, 15) is 0 Å². The lowest BCUT2D eigenvalue weighted by Crippen LogP contribution is -2.02. The molecule has 0 aliphatic carbocycles. The monoisotopic (exact) mass is 115 g/mol. The molecule has 1 unspecified atom stereocenters. The Morgan fingerprint density at radius 3 is 2.43 bits per heavy atom. The van der Waals surface area contributed by atoms with Crippen molar-refractivity contribution < 1.29 is 4.74 Å². The molecule has 0 saturated carbocycles. The average molecular weight is 115 g/mol. The third-order valence-electron chi connectivity index (χ3n) is 1.04. The van der Waals surface area contributed by atoms with E-state index >= 15 is 0 Å². The van der Waals surface area contributed by atoms with Gasteiger partial charge in [-0.2, -0.15) is 0 Å². The minimum Gasteiger partial charge on any atom is -0.373 e. The van der Waals surface area contributed by atoms with Gasteiger partial charge in [-0.05, 0) is 6.04 Å². The lowest BCUT2D eigenvalue weighted by Gasteiger charge is -1.93. The molecule has 41 valence electrons. The Balaban J connectivity index is 1.97. The zero-order chi connectivity index (χ0) is 5.28. The summed E-state index contributed by atoms with van der Waals surface area (Å²) >= 11 is 0. The van der Waals surface area contributed by atoms with Gasteiger partial charge < -0.3 is 4.74 Å². The molecule has 1 rings (SSSR count). The van der Waals surface area contributed by atoms with E-state index in [0.29, 0.717) is 6.10 Å². The van der Waals surface area contributed by atoms with Crippen molar-refractivity contribution >= 4 is 8.80 Å². The number of ether oxygens (including phenoxy) is 1. The number of hydrogen-bond acceptors (Lipinski definition) is 1. The van der Waals surface area contributed by atoms with Gasteiger partial charge in [0, 0.05) is 8.80 Å². The molecule has 0 N–H and O–H groups in total. The normalized spacial score (nSPS) is 28.7. The van der Waals surface area contributed by atoms with Crippen molar-refractivity contribution in [2.24, 2.45) is 0 Å². The van der Waals surface area contributed by atoms with E-state index in [1.54, 1.807) is 0 Å². The van der Waals surface area contributed by atoms with E-state index in [2.05, 4.69) is 13.1 Å². The van der Waals surface area contributed by atoms with Crippen LogP contribution in [-0.4, -0.2) is 21.5 Å². The molecule has 1 heterocycles. The molecule has 0 aromatic rings. The highest BCUT2D eigenvalue weighted by Gasteiger charge is 2.23. The largest absolute Gasteiger partial charge is 0.373 e. The molecule has 1 radical (unpaired) electrons. The van der Waals surface area contributed by atoms with Gasteiger partial charge in [-0.1, -0.05) is 13.1 Å². The Labute approximate surface area is 46.3 Å². The predicted octanol–water partition coefficient (Wildman–Crippen LogP) is 1.14. The molecule has 0 spiro atoms. The third kappa shape index (κ3) is 2.09. The third-order valence-corrected chi connectivity index (χ3v) is 2.31. The number of epoxide rings is 1. The van der Waals surface area contributed by atoms with Crippen molar-refractivity contribution in [3.63, 3.8) is 0 Å². The van der Waals surface area contributed by atoms with Crippen LogP contribution >= 0.6 is 0 Å². The van der Waals surface area contributed by atoms with Crippen LogP contribution in [0.15, 0.2) is 0 Å². The second-order valence-corrected chi connectivity index (χ2v) is 5.19. The van der Waals surface area contributed by atoms with Crippen molar-refractivity contribution in [3.05, 3.63) is 0 Å². The van der Waals surface area contributed by atoms with Gasteiger partial charge in [0.25, 0.3) is 0 Å². The van der Waals surface area contributed by atoms with Gasteiger partial charge in [-0.3, -0.25) is 0 Å². The molecule has 2 heteroatoms. The van der Waals surface area contributed by atoms with Crippen LogP contribution < -0.4 is 0 Å². The zero-order valence-corrected chi connectivity index (χ0v) is 5.90. The summed E-state index contributed by atoms with van der Waals surface area (Å²) in [5.74, 6) is 0. The lowest BCUT2D eigenvalue weighted by molar-refractivity contribution is 0.422. The van der Waals surface area contributed by atoms with E-state index in [1.165, 1.54) is 6.04 Å². The topological polar surface area (TPSA) is 12.5 Å². The van der Waals surface area contributed by atoms with Crippen LogP contribution in [0.25, 0.3) is 0 Å². The highest BCUT2D eigenvalue weighted by Crippen LogP contribution is 2.15. The highest BCUT2D eigenvalue weighted by atomic mass is 28.3. The molecular formula is C5H11OSi. The molecule has 1 aliphatic rings. The number of rotatable bonds is 2. The van der Waals surface area contributed by atoms with Crippen LogP contribution in [0.5, 0.6) is 0 Å². The first-order chi connectivity index (χ1) is 3.29. The standard InChI is InChI=1S/C5H11OSi/c1-7(2)4-5-3-6-5/h5H,3-4H2,1-2H3. The Morgan fingerprint density at radius 1 is 1.71 bits per heavy atom. The van der Waals surface area contributed by atoms with Gasteiger partial charge in [-0.25, -0.2) is 0 Å². The Bertz CT molecular complexity index is 59.1. The molecule has 1 atom stereocenters. The second kappa shape index (κ2) is 1.97. The van der Waals surface area contributed by atoms with E-state index in [1.807, 2.05) is 0 Å². The van der Waals surface area contributed by atoms with E-state index in [0.717, 1.165) is 6.61 Å². The van der Waals surface area contributed by atoms with E-state index < -0.39 is 0 Å². The molecule has 0 aromatic carbocycles. The van der Waals surface area contributed by atoms with Gasteiger partial charge in [-0.15, -0.1) is 0 Å². The predicted molar refractivity (Wildman–Crippen MR) is 32.0 cm³/mol. The first-order valence-electron chi connectivity index (χ1n) is 2.69. The maximum Gasteiger partial charge on any atom is 0.0784 e. The molecule has 7 heavy (non-hydrogen) atoms. The van der Waals surface area contributed by atoms with Gasteiger partial charge in [0.15, 0.2) is 0 Å². The minimum absolute atomic E-state index is 0.00334. The summed E-state index contributed by atoms with van der Waals surface area (Å²) in [6.45, 7) is 5.69. The Hall–Kier alpha value is 0.177. The van der Waals surface area contributed by atoms with Gasteiger partial charge in [0.05, 0.1) is 12.7 Å². The van der Waals surface area contributed by atoms with Crippen LogP contribution in [0, 0.1) is 0 Å². The van der Waals surface area contributed by atoms with Crippen LogP contribution in [-0.2, 0) is 4.74 Å². The summed E-state index contributed by atoms with van der Waals surface area (Å²) in [5.41, 5.74) is 0. The van der Waals surface area contributed by atoms with Crippen LogP contribution in [0.3, 0.4) is 0 Å². The quantitative estimate of drug-likeness (QED) is 0.388. The molecule has 1 saturated heterocycles. The summed E-state index contributed by atoms with van der Waals surface area (Å²) in [6, 6.07) is 1.35. The van der Waals surface area contributed by atoms with Crippen LogP contribution in [0.1, 0.15) is 0 Å². The SMILES string of the molecule is C[Si](C)CC1CO1. The summed E-state index contributed by atoms with van der Waals surface area (Å²) in [6.07, 6.45) is 0.670. The van der Waals surface area contributed by atoms with Gasteiger partial charge in [0.2, 0.25) is 0 Å². The molecule has 1 fully saturated rings. The average Bonchev–Trinajstić information content (AvgIpc) is 2.17. The van der Waals surface area contributed by atoms with Crippen molar-refractivity contribution in [1.29, 1.82) is 0 Å². The molecule has 0 aromatic heterocycles. The maximum absolute atomic E-state index is 5.04. The fourth-order valence-electron chi connectivity index (χ4n) is 0.641. The lowest BCUT2D eigenvalue weighted by atomic mass is 10.6. The zero-order valence-electron chi connectivity index (χ0n) is 4.90. The minimum atomic E-state index is 0.00334. The van der Waals surface area contributed by atoms with Gasteiger partial charge in [0.1, 0.15) is 0 Å².